The van der Waals surface area contributed by atoms with Crippen LogP contribution in [0.4, 0.5) is 4.79 Å². The number of nitrogens with zero attached hydrogens (tertiary/aromatic N) is 1. The molecule has 7 heteroatoms. The summed E-state index contributed by atoms with van der Waals surface area (Å²) in [5.74, 6) is -0.124. The molecule has 0 radical (unpaired) electrons. The first-order valence-electron chi connectivity index (χ1n) is 7.88. The molecule has 1 spiro atoms. The van der Waals surface area contributed by atoms with Crippen LogP contribution in [-0.2, 0) is 9.53 Å². The topological polar surface area (TPSA) is 58.6 Å². The Morgan fingerprint density at radius 3 is 2.58 bits per heavy atom. The second-order valence-electron chi connectivity index (χ2n) is 7.35. The number of amides is 2. The lowest BCUT2D eigenvalue weighted by atomic mass is 10.0. The van der Waals surface area contributed by atoms with E-state index in [1.54, 1.807) is 17.0 Å². The van der Waals surface area contributed by atoms with Crippen molar-refractivity contribution in [2.24, 2.45) is 0 Å². The Kier molecular flexibility index (Phi) is 4.33. The number of piperazine rings is 1. The first kappa shape index (κ1) is 17.5. The smallest absolute Gasteiger partial charge is 0.411 e. The van der Waals surface area contributed by atoms with Gasteiger partial charge in [0.05, 0.1) is 6.04 Å². The van der Waals surface area contributed by atoms with Crippen LogP contribution in [0.15, 0.2) is 22.7 Å². The van der Waals surface area contributed by atoms with Gasteiger partial charge in [0.25, 0.3) is 0 Å². The molecular formula is C17H20BrClN2O3. The number of halogens is 2. The summed E-state index contributed by atoms with van der Waals surface area (Å²) in [6.45, 7) is 5.83. The van der Waals surface area contributed by atoms with Gasteiger partial charge in [-0.1, -0.05) is 27.5 Å². The third-order valence-electron chi connectivity index (χ3n) is 4.23. The second-order valence-corrected chi connectivity index (χ2v) is 8.70. The Bertz CT molecular complexity index is 677. The average Bonchev–Trinajstić information content (AvgIpc) is 3.20. The molecule has 0 bridgehead atoms. The molecule has 0 aromatic heterocycles. The van der Waals surface area contributed by atoms with Crippen molar-refractivity contribution in [3.8, 4) is 0 Å². The molecule has 3 rings (SSSR count). The molecule has 2 amide bonds. The summed E-state index contributed by atoms with van der Waals surface area (Å²) < 4.78 is 6.33. The van der Waals surface area contributed by atoms with Gasteiger partial charge in [0.15, 0.2) is 0 Å². The Labute approximate surface area is 154 Å². The molecule has 1 atom stereocenters. The number of hydrogen-bond donors (Lipinski definition) is 1. The number of nitrogens with one attached hydrogen (secondary N) is 1. The van der Waals surface area contributed by atoms with Gasteiger partial charge in [-0.3, -0.25) is 9.69 Å². The van der Waals surface area contributed by atoms with Crippen molar-refractivity contribution in [1.82, 2.24) is 10.2 Å². The van der Waals surface area contributed by atoms with Crippen LogP contribution in [0, 0.1) is 0 Å². The lowest BCUT2D eigenvalue weighted by molar-refractivity contribution is -0.132. The van der Waals surface area contributed by atoms with Gasteiger partial charge in [0.2, 0.25) is 5.91 Å². The van der Waals surface area contributed by atoms with E-state index < -0.39 is 17.2 Å². The van der Waals surface area contributed by atoms with Gasteiger partial charge < -0.3 is 10.1 Å². The summed E-state index contributed by atoms with van der Waals surface area (Å²) in [5.41, 5.74) is -0.489. The minimum atomic E-state index is -0.741. The molecule has 1 aromatic carbocycles. The van der Waals surface area contributed by atoms with E-state index in [1.165, 1.54) is 0 Å². The van der Waals surface area contributed by atoms with Crippen molar-refractivity contribution in [1.29, 1.82) is 0 Å². The number of carbonyl (C=O) groups excluding carboxylic acids is 2. The van der Waals surface area contributed by atoms with E-state index in [1.807, 2.05) is 26.8 Å². The van der Waals surface area contributed by atoms with Crippen molar-refractivity contribution in [2.45, 2.75) is 50.8 Å². The fourth-order valence-corrected chi connectivity index (χ4v) is 3.85. The molecule has 130 valence electrons. The van der Waals surface area contributed by atoms with Gasteiger partial charge >= 0.3 is 6.09 Å². The predicted octanol–water partition coefficient (Wildman–Crippen LogP) is 4.04. The van der Waals surface area contributed by atoms with E-state index in [9.17, 15) is 9.59 Å². The summed E-state index contributed by atoms with van der Waals surface area (Å²) in [6.07, 6.45) is 0.898. The first-order valence-corrected chi connectivity index (χ1v) is 9.05. The Morgan fingerprint density at radius 2 is 2.04 bits per heavy atom. The molecule has 2 fully saturated rings. The number of rotatable bonds is 1. The molecular weight excluding hydrogens is 396 g/mol. The quantitative estimate of drug-likeness (QED) is 0.753. The third-order valence-corrected chi connectivity index (χ3v) is 4.91. The molecule has 2 aliphatic rings. The average molecular weight is 416 g/mol. The standard InChI is InChI=1S/C17H20BrClN2O3/c1-16(2,3)24-15(23)21-9-13(20-14(22)17(21)4-5-17)10-6-11(18)8-12(19)7-10/h6-8,13H,4-5,9H2,1-3H3,(H,20,22). The fraction of sp³-hybridized carbons (Fsp3) is 0.529. The number of hydrogen-bond acceptors (Lipinski definition) is 3. The van der Waals surface area contributed by atoms with Gasteiger partial charge in [0.1, 0.15) is 11.1 Å². The van der Waals surface area contributed by atoms with E-state index in [0.29, 0.717) is 24.4 Å². The summed E-state index contributed by atoms with van der Waals surface area (Å²) in [7, 11) is 0. The zero-order valence-corrected chi connectivity index (χ0v) is 16.2. The number of carbonyl (C=O) groups is 2. The summed E-state index contributed by atoms with van der Waals surface area (Å²) in [5, 5.41) is 3.59. The van der Waals surface area contributed by atoms with E-state index in [4.69, 9.17) is 16.3 Å². The van der Waals surface area contributed by atoms with Crippen LogP contribution >= 0.6 is 27.5 Å². The first-order chi connectivity index (χ1) is 11.1. The van der Waals surface area contributed by atoms with Gasteiger partial charge in [0, 0.05) is 16.0 Å². The Hall–Kier alpha value is -1.27. The molecule has 1 aromatic rings. The maximum atomic E-state index is 12.6. The van der Waals surface area contributed by atoms with Crippen LogP contribution in [-0.4, -0.2) is 34.6 Å². The van der Waals surface area contributed by atoms with Crippen molar-refractivity contribution < 1.29 is 14.3 Å². The van der Waals surface area contributed by atoms with E-state index >= 15 is 0 Å². The van der Waals surface area contributed by atoms with E-state index in [-0.39, 0.29) is 11.9 Å². The lowest BCUT2D eigenvalue weighted by Gasteiger charge is -2.40. The van der Waals surface area contributed by atoms with Gasteiger partial charge in [-0.15, -0.1) is 0 Å². The van der Waals surface area contributed by atoms with Crippen molar-refractivity contribution in [2.75, 3.05) is 6.54 Å². The zero-order valence-electron chi connectivity index (χ0n) is 13.9. The Morgan fingerprint density at radius 1 is 1.38 bits per heavy atom. The number of ether oxygens (including phenoxy) is 1. The highest BCUT2D eigenvalue weighted by atomic mass is 79.9. The maximum absolute atomic E-state index is 12.6. The predicted molar refractivity (Wildman–Crippen MR) is 94.9 cm³/mol. The van der Waals surface area contributed by atoms with E-state index in [0.717, 1.165) is 10.0 Å². The molecule has 5 nitrogen and oxygen atoms in total. The minimum Gasteiger partial charge on any atom is -0.444 e. The van der Waals surface area contributed by atoms with Crippen molar-refractivity contribution in [3.63, 3.8) is 0 Å². The molecule has 1 unspecified atom stereocenters. The lowest BCUT2D eigenvalue weighted by Crippen LogP contribution is -2.60. The molecule has 24 heavy (non-hydrogen) atoms. The highest BCUT2D eigenvalue weighted by Crippen LogP contribution is 2.46. The highest BCUT2D eigenvalue weighted by molar-refractivity contribution is 9.10. The SMILES string of the molecule is CC(C)(C)OC(=O)N1CC(c2cc(Cl)cc(Br)c2)NC(=O)C12CC2. The van der Waals surface area contributed by atoms with Crippen molar-refractivity contribution >= 4 is 39.5 Å². The molecule has 1 heterocycles. The van der Waals surface area contributed by atoms with Gasteiger partial charge in [-0.2, -0.15) is 0 Å². The maximum Gasteiger partial charge on any atom is 0.411 e. The summed E-state index contributed by atoms with van der Waals surface area (Å²) in [6, 6.07) is 5.17. The monoisotopic (exact) mass is 414 g/mol. The fourth-order valence-electron chi connectivity index (χ4n) is 2.96. The second kappa shape index (κ2) is 5.92. The number of benzene rings is 1. The van der Waals surface area contributed by atoms with Crippen LogP contribution < -0.4 is 5.32 Å². The molecule has 1 saturated carbocycles. The van der Waals surface area contributed by atoms with Crippen LogP contribution in [0.3, 0.4) is 0 Å². The normalized spacial score (nSPS) is 22.3. The molecule has 1 N–H and O–H groups in total. The van der Waals surface area contributed by atoms with E-state index in [2.05, 4.69) is 21.2 Å². The van der Waals surface area contributed by atoms with Gasteiger partial charge in [-0.25, -0.2) is 4.79 Å². The third kappa shape index (κ3) is 3.40. The van der Waals surface area contributed by atoms with Crippen LogP contribution in [0.1, 0.15) is 45.2 Å². The largest absolute Gasteiger partial charge is 0.444 e. The van der Waals surface area contributed by atoms with Crippen LogP contribution in [0.25, 0.3) is 0 Å². The van der Waals surface area contributed by atoms with Crippen LogP contribution in [0.5, 0.6) is 0 Å². The highest BCUT2D eigenvalue weighted by Gasteiger charge is 2.60. The van der Waals surface area contributed by atoms with Crippen molar-refractivity contribution in [3.05, 3.63) is 33.3 Å². The molecule has 1 aliphatic heterocycles. The zero-order chi connectivity index (χ0) is 17.7. The van der Waals surface area contributed by atoms with Crippen LogP contribution in [0.2, 0.25) is 5.02 Å². The Balaban J connectivity index is 1.87. The van der Waals surface area contributed by atoms with Gasteiger partial charge in [-0.05, 0) is 57.4 Å². The molecule has 1 saturated heterocycles. The summed E-state index contributed by atoms with van der Waals surface area (Å²) in [4.78, 5) is 26.8. The summed E-state index contributed by atoms with van der Waals surface area (Å²) >= 11 is 9.52. The minimum absolute atomic E-state index is 0.124. The molecule has 1 aliphatic carbocycles.